The van der Waals surface area contributed by atoms with Crippen LogP contribution in [0.25, 0.3) is 11.0 Å². The quantitative estimate of drug-likeness (QED) is 0.157. The van der Waals surface area contributed by atoms with Gasteiger partial charge in [-0.1, -0.05) is 30.3 Å². The molecule has 0 bridgehead atoms. The second-order valence-corrected chi connectivity index (χ2v) is 12.4. The second kappa shape index (κ2) is 12.7. The van der Waals surface area contributed by atoms with Gasteiger partial charge in [0.15, 0.2) is 0 Å². The average Bonchev–Trinajstić information content (AvgIpc) is 3.68. The molecular formula is C30H33N7O5S. The van der Waals surface area contributed by atoms with Crippen LogP contribution in [0.15, 0.2) is 94.8 Å². The fourth-order valence-electron chi connectivity index (χ4n) is 4.52. The third-order valence-electron chi connectivity index (χ3n) is 7.02. The Morgan fingerprint density at radius 1 is 1.07 bits per heavy atom. The topological polar surface area (TPSA) is 164 Å². The van der Waals surface area contributed by atoms with Gasteiger partial charge in [0.05, 0.1) is 34.9 Å². The number of aliphatic hydroxyl groups is 1. The molecule has 0 radical (unpaired) electrons. The second-order valence-electron chi connectivity index (χ2n) is 10.7. The van der Waals surface area contributed by atoms with Gasteiger partial charge in [-0.05, 0) is 68.3 Å². The number of anilines is 1. The van der Waals surface area contributed by atoms with Gasteiger partial charge in [-0.3, -0.25) is 9.52 Å². The Morgan fingerprint density at radius 2 is 1.88 bits per heavy atom. The van der Waals surface area contributed by atoms with Crippen molar-refractivity contribution in [3.8, 4) is 0 Å². The zero-order valence-corrected chi connectivity index (χ0v) is 24.6. The Labute approximate surface area is 249 Å². The molecule has 2 aromatic heterocycles. The lowest BCUT2D eigenvalue weighted by atomic mass is 9.99. The van der Waals surface area contributed by atoms with Gasteiger partial charge in [-0.15, -0.1) is 10.2 Å². The number of carbonyl (C=O) groups excluding carboxylic acids is 1. The number of sulfonamides is 1. The first-order valence-electron chi connectivity index (χ1n) is 13.7. The summed E-state index contributed by atoms with van der Waals surface area (Å²) in [6, 6.07) is 20.2. The molecule has 13 heteroatoms. The first-order chi connectivity index (χ1) is 20.6. The number of aliphatic hydroxyl groups excluding tert-OH is 1. The molecule has 4 N–H and O–H groups in total. The zero-order chi connectivity index (χ0) is 30.5. The summed E-state index contributed by atoms with van der Waals surface area (Å²) in [5.74, 6) is 0.0555. The lowest BCUT2D eigenvalue weighted by Crippen LogP contribution is -2.42. The largest absolute Gasteiger partial charge is 0.426 e. The molecule has 0 saturated carbocycles. The molecule has 43 heavy (non-hydrogen) atoms. The Hall–Kier alpha value is -4.59. The van der Waals surface area contributed by atoms with Crippen LogP contribution in [0.2, 0.25) is 0 Å². The Kier molecular flexibility index (Phi) is 8.85. The Morgan fingerprint density at radius 3 is 2.65 bits per heavy atom. The summed E-state index contributed by atoms with van der Waals surface area (Å²) < 4.78 is 35.0. The summed E-state index contributed by atoms with van der Waals surface area (Å²) in [7, 11) is -3.74. The predicted octanol–water partition coefficient (Wildman–Crippen LogP) is 3.64. The first kappa shape index (κ1) is 29.9. The summed E-state index contributed by atoms with van der Waals surface area (Å²) >= 11 is 0. The fourth-order valence-corrected chi connectivity index (χ4v) is 5.59. The van der Waals surface area contributed by atoms with E-state index in [1.807, 2.05) is 10.6 Å². The lowest BCUT2D eigenvalue weighted by molar-refractivity contribution is 0.0947. The fraction of sp³-hybridized carbons (Fsp3) is 0.267. The van der Waals surface area contributed by atoms with Gasteiger partial charge in [0.2, 0.25) is 12.3 Å². The number of carbonyl (C=O) groups is 1. The number of hydrogen-bond acceptors (Lipinski definition) is 9. The van der Waals surface area contributed by atoms with Crippen molar-refractivity contribution in [2.24, 2.45) is 0 Å². The molecule has 1 atom stereocenters. The van der Waals surface area contributed by atoms with E-state index in [1.165, 1.54) is 18.5 Å². The van der Waals surface area contributed by atoms with Crippen LogP contribution in [-0.4, -0.2) is 51.3 Å². The highest BCUT2D eigenvalue weighted by Gasteiger charge is 2.21. The van der Waals surface area contributed by atoms with Crippen LogP contribution in [-0.2, 0) is 23.1 Å². The monoisotopic (exact) mass is 603 g/mol. The van der Waals surface area contributed by atoms with E-state index in [0.29, 0.717) is 34.8 Å². The molecule has 1 amide bonds. The highest BCUT2D eigenvalue weighted by atomic mass is 32.2. The van der Waals surface area contributed by atoms with Crippen LogP contribution in [0.1, 0.15) is 48.2 Å². The van der Waals surface area contributed by atoms with Crippen molar-refractivity contribution < 1.29 is 22.7 Å². The third kappa shape index (κ3) is 7.63. The van der Waals surface area contributed by atoms with Crippen molar-refractivity contribution in [3.05, 3.63) is 103 Å². The molecule has 0 saturated heterocycles. The van der Waals surface area contributed by atoms with Gasteiger partial charge in [0.1, 0.15) is 0 Å². The van der Waals surface area contributed by atoms with Crippen molar-refractivity contribution >= 4 is 32.7 Å². The first-order valence-corrected chi connectivity index (χ1v) is 15.2. The maximum atomic E-state index is 12.7. The van der Waals surface area contributed by atoms with Gasteiger partial charge in [-0.25, -0.2) is 13.4 Å². The molecule has 12 nitrogen and oxygen atoms in total. The molecule has 0 fully saturated rings. The number of fused-ring (bicyclic) bond motifs is 1. The van der Waals surface area contributed by atoms with Crippen molar-refractivity contribution in [1.29, 1.82) is 0 Å². The Balaban J connectivity index is 1.15. The number of aromatic nitrogens is 4. The van der Waals surface area contributed by atoms with E-state index in [2.05, 4.69) is 44.4 Å². The molecular weight excluding hydrogens is 570 g/mol. The normalized spacial score (nSPS) is 12.7. The van der Waals surface area contributed by atoms with E-state index >= 15 is 0 Å². The lowest BCUT2D eigenvalue weighted by Gasteiger charge is -2.28. The maximum Gasteiger partial charge on any atom is 0.261 e. The smallest absolute Gasteiger partial charge is 0.261 e. The van der Waals surface area contributed by atoms with Crippen molar-refractivity contribution in [2.45, 2.75) is 49.9 Å². The maximum absolute atomic E-state index is 12.7. The van der Waals surface area contributed by atoms with Crippen LogP contribution in [0.3, 0.4) is 0 Å². The predicted molar refractivity (Wildman–Crippen MR) is 161 cm³/mol. The number of β-amino-alcohol motifs (C(OH)–C–C–N with tert-alkyl or cyclic N) is 1. The summed E-state index contributed by atoms with van der Waals surface area (Å²) in [4.78, 5) is 17.2. The van der Waals surface area contributed by atoms with Gasteiger partial charge >= 0.3 is 0 Å². The molecule has 3 aromatic carbocycles. The number of nitrogens with one attached hydrogen (secondary N) is 3. The zero-order valence-electron chi connectivity index (χ0n) is 23.8. The van der Waals surface area contributed by atoms with E-state index in [4.69, 9.17) is 4.42 Å². The van der Waals surface area contributed by atoms with Crippen molar-refractivity contribution in [3.63, 3.8) is 0 Å². The summed E-state index contributed by atoms with van der Waals surface area (Å²) in [6.45, 7) is 5.17. The van der Waals surface area contributed by atoms with Crippen LogP contribution >= 0.6 is 0 Å². The summed E-state index contributed by atoms with van der Waals surface area (Å²) in [5, 5.41) is 24.4. The van der Waals surface area contributed by atoms with E-state index in [1.54, 1.807) is 60.9 Å². The molecule has 0 aliphatic heterocycles. The number of hydrogen-bond donors (Lipinski definition) is 4. The van der Waals surface area contributed by atoms with Gasteiger partial charge < -0.3 is 24.7 Å². The molecule has 224 valence electrons. The highest BCUT2D eigenvalue weighted by Crippen LogP contribution is 2.22. The minimum absolute atomic E-state index is 0.139. The van der Waals surface area contributed by atoms with Crippen LogP contribution < -0.4 is 15.4 Å². The number of aryl methyl sites for hydroxylation is 1. The molecule has 5 rings (SSSR count). The molecule has 2 heterocycles. The molecule has 5 aromatic rings. The van der Waals surface area contributed by atoms with Gasteiger partial charge in [0, 0.05) is 29.9 Å². The molecule has 0 aliphatic rings. The molecule has 0 unspecified atom stereocenters. The average molecular weight is 604 g/mol. The number of nitrogens with zero attached hydrogens (tertiary/aromatic N) is 4. The molecule has 0 aliphatic carbocycles. The van der Waals surface area contributed by atoms with E-state index in [9.17, 15) is 18.3 Å². The summed E-state index contributed by atoms with van der Waals surface area (Å²) in [6.07, 6.45) is 2.84. The minimum Gasteiger partial charge on any atom is -0.426 e. The van der Waals surface area contributed by atoms with E-state index < -0.39 is 16.1 Å². The summed E-state index contributed by atoms with van der Waals surface area (Å²) in [5.41, 5.74) is 2.71. The standard InChI is InChI=1S/C30H33N7O5S/c1-30(2,33-17-27(38)21-7-6-8-23(15-21)36-43(40,41)24-9-4-3-5-10-24)13-14-37-19-32-25-16-22(11-12-26(25)37)29(39)31-18-28-35-34-20-42-28/h3-12,15-16,19-20,27,33,36,38H,13-14,17-18H2,1-2H3,(H,31,39)/t27-/m0/s1. The Bertz CT molecular complexity index is 1790. The highest BCUT2D eigenvalue weighted by molar-refractivity contribution is 7.92. The number of amides is 1. The van der Waals surface area contributed by atoms with Crippen LogP contribution in [0.4, 0.5) is 5.69 Å². The van der Waals surface area contributed by atoms with Gasteiger partial charge in [-0.2, -0.15) is 0 Å². The number of imidazole rings is 1. The SMILES string of the molecule is CC(C)(CCn1cnc2cc(C(=O)NCc3nnco3)ccc21)NC[C@H](O)c1cccc(NS(=O)(=O)c2ccccc2)c1. The van der Waals surface area contributed by atoms with Crippen LogP contribution in [0.5, 0.6) is 0 Å². The van der Waals surface area contributed by atoms with Gasteiger partial charge in [0.25, 0.3) is 15.9 Å². The third-order valence-corrected chi connectivity index (χ3v) is 8.41. The number of benzene rings is 3. The minimum atomic E-state index is -3.74. The van der Waals surface area contributed by atoms with Crippen molar-refractivity contribution in [1.82, 2.24) is 30.4 Å². The number of rotatable bonds is 13. The van der Waals surface area contributed by atoms with Crippen molar-refractivity contribution in [2.75, 3.05) is 11.3 Å². The van der Waals surface area contributed by atoms with E-state index in [-0.39, 0.29) is 29.4 Å². The molecule has 0 spiro atoms. The van der Waals surface area contributed by atoms with E-state index in [0.717, 1.165) is 11.9 Å². The van der Waals surface area contributed by atoms with Crippen LogP contribution in [0, 0.1) is 0 Å².